The van der Waals surface area contributed by atoms with Gasteiger partial charge in [-0.25, -0.2) is 5.43 Å². The van der Waals surface area contributed by atoms with Crippen LogP contribution >= 0.6 is 27.5 Å². The molecule has 2 unspecified atom stereocenters. The van der Waals surface area contributed by atoms with Gasteiger partial charge in [-0.15, -0.1) is 0 Å². The van der Waals surface area contributed by atoms with Gasteiger partial charge in [0.2, 0.25) is 0 Å². The normalized spacial score (nSPS) is 27.8. The Kier molecular flexibility index (Phi) is 2.89. The fourth-order valence-corrected chi connectivity index (χ4v) is 2.31. The van der Waals surface area contributed by atoms with E-state index in [4.69, 9.17) is 11.6 Å². The number of hydrogen-bond donors (Lipinski definition) is 2. The van der Waals surface area contributed by atoms with E-state index in [1.807, 2.05) is 24.3 Å². The highest BCUT2D eigenvalue weighted by atomic mass is 79.9. The Labute approximate surface area is 90.8 Å². The van der Waals surface area contributed by atoms with Crippen LogP contribution < -0.4 is 10.9 Å². The predicted octanol–water partition coefficient (Wildman–Crippen LogP) is 2.25. The molecule has 13 heavy (non-hydrogen) atoms. The van der Waals surface area contributed by atoms with E-state index in [9.17, 15) is 0 Å². The summed E-state index contributed by atoms with van der Waals surface area (Å²) in [6.07, 6.45) is 0. The van der Waals surface area contributed by atoms with Gasteiger partial charge in [0.15, 0.2) is 0 Å². The zero-order valence-corrected chi connectivity index (χ0v) is 9.27. The molecule has 2 rings (SSSR count). The highest BCUT2D eigenvalue weighted by molar-refractivity contribution is 9.09. The molecule has 70 valence electrons. The van der Waals surface area contributed by atoms with Gasteiger partial charge in [0.05, 0.1) is 6.04 Å². The molecule has 1 aromatic rings. The van der Waals surface area contributed by atoms with Crippen LogP contribution in [0.25, 0.3) is 0 Å². The van der Waals surface area contributed by atoms with Crippen molar-refractivity contribution in [2.45, 2.75) is 10.9 Å². The lowest BCUT2D eigenvalue weighted by molar-refractivity contribution is 0.585. The first-order valence-electron chi connectivity index (χ1n) is 4.16. The van der Waals surface area contributed by atoms with E-state index in [2.05, 4.69) is 26.8 Å². The quantitative estimate of drug-likeness (QED) is 0.758. The summed E-state index contributed by atoms with van der Waals surface area (Å²) >= 11 is 9.67. The second-order valence-corrected chi connectivity index (χ2v) is 4.62. The minimum Gasteiger partial charge on any atom is -0.256 e. The van der Waals surface area contributed by atoms with Crippen molar-refractivity contribution in [3.05, 3.63) is 34.9 Å². The van der Waals surface area contributed by atoms with Crippen molar-refractivity contribution in [2.24, 2.45) is 0 Å². The van der Waals surface area contributed by atoms with E-state index >= 15 is 0 Å². The fraction of sp³-hybridized carbons (Fsp3) is 0.333. The number of halogens is 2. The summed E-state index contributed by atoms with van der Waals surface area (Å²) < 4.78 is 0. The average molecular weight is 262 g/mol. The monoisotopic (exact) mass is 260 g/mol. The predicted molar refractivity (Wildman–Crippen MR) is 58.0 cm³/mol. The van der Waals surface area contributed by atoms with Crippen LogP contribution in [0.15, 0.2) is 24.3 Å². The lowest BCUT2D eigenvalue weighted by Gasteiger charge is -2.14. The SMILES string of the molecule is Clc1ccccc1C1NNCC1Br. The molecular weight excluding hydrogens is 251 g/mol. The van der Waals surface area contributed by atoms with Crippen molar-refractivity contribution in [1.29, 1.82) is 0 Å². The Balaban J connectivity index is 2.29. The Morgan fingerprint density at radius 1 is 1.38 bits per heavy atom. The summed E-state index contributed by atoms with van der Waals surface area (Å²) in [5.74, 6) is 0. The van der Waals surface area contributed by atoms with Gasteiger partial charge in [-0.2, -0.15) is 0 Å². The Morgan fingerprint density at radius 3 is 2.77 bits per heavy atom. The number of hydrogen-bond acceptors (Lipinski definition) is 2. The molecule has 1 saturated heterocycles. The zero-order valence-electron chi connectivity index (χ0n) is 6.93. The summed E-state index contributed by atoms with van der Waals surface area (Å²) in [6, 6.07) is 8.16. The van der Waals surface area contributed by atoms with Gasteiger partial charge in [0, 0.05) is 16.4 Å². The second-order valence-electron chi connectivity index (χ2n) is 3.04. The average Bonchev–Trinajstić information content (AvgIpc) is 2.52. The molecule has 0 aliphatic carbocycles. The molecule has 0 spiro atoms. The lowest BCUT2D eigenvalue weighted by Crippen LogP contribution is -2.25. The van der Waals surface area contributed by atoms with Crippen molar-refractivity contribution in [2.75, 3.05) is 6.54 Å². The van der Waals surface area contributed by atoms with Gasteiger partial charge < -0.3 is 0 Å². The van der Waals surface area contributed by atoms with Gasteiger partial charge in [0.1, 0.15) is 0 Å². The fourth-order valence-electron chi connectivity index (χ4n) is 1.47. The first-order chi connectivity index (χ1) is 6.29. The first-order valence-corrected chi connectivity index (χ1v) is 5.45. The largest absolute Gasteiger partial charge is 0.256 e. The number of alkyl halides is 1. The number of hydrazine groups is 1. The van der Waals surface area contributed by atoms with E-state index in [0.29, 0.717) is 4.83 Å². The molecule has 0 bridgehead atoms. The summed E-state index contributed by atoms with van der Waals surface area (Å²) in [6.45, 7) is 0.913. The van der Waals surface area contributed by atoms with Crippen molar-refractivity contribution in [1.82, 2.24) is 10.9 Å². The highest BCUT2D eigenvalue weighted by Gasteiger charge is 2.26. The minimum absolute atomic E-state index is 0.258. The molecule has 0 saturated carbocycles. The van der Waals surface area contributed by atoms with Crippen LogP contribution in [0.2, 0.25) is 5.02 Å². The van der Waals surface area contributed by atoms with Crippen molar-refractivity contribution in [3.8, 4) is 0 Å². The zero-order chi connectivity index (χ0) is 9.26. The van der Waals surface area contributed by atoms with E-state index in [1.54, 1.807) is 0 Å². The Morgan fingerprint density at radius 2 is 2.15 bits per heavy atom. The molecule has 1 fully saturated rings. The van der Waals surface area contributed by atoms with Crippen LogP contribution in [-0.2, 0) is 0 Å². The van der Waals surface area contributed by atoms with Crippen molar-refractivity contribution < 1.29 is 0 Å². The maximum absolute atomic E-state index is 6.08. The van der Waals surface area contributed by atoms with Crippen LogP contribution in [0.4, 0.5) is 0 Å². The van der Waals surface area contributed by atoms with Gasteiger partial charge in [-0.1, -0.05) is 45.7 Å². The molecular formula is C9H10BrClN2. The molecule has 0 radical (unpaired) electrons. The van der Waals surface area contributed by atoms with Gasteiger partial charge in [0.25, 0.3) is 0 Å². The number of rotatable bonds is 1. The lowest BCUT2D eigenvalue weighted by atomic mass is 10.1. The Bertz CT molecular complexity index is 305. The van der Waals surface area contributed by atoms with E-state index in [0.717, 1.165) is 17.1 Å². The third-order valence-electron chi connectivity index (χ3n) is 2.16. The number of benzene rings is 1. The maximum atomic E-state index is 6.08. The maximum Gasteiger partial charge on any atom is 0.0614 e. The third kappa shape index (κ3) is 1.89. The third-order valence-corrected chi connectivity index (χ3v) is 3.35. The summed E-state index contributed by atoms with van der Waals surface area (Å²) in [4.78, 5) is 0.396. The standard InChI is InChI=1S/C9H10BrClN2/c10-7-5-12-13-9(7)6-3-1-2-4-8(6)11/h1-4,7,9,12-13H,5H2. The highest BCUT2D eigenvalue weighted by Crippen LogP contribution is 2.29. The first kappa shape index (κ1) is 9.46. The molecule has 4 heteroatoms. The molecule has 2 N–H and O–H groups in total. The summed E-state index contributed by atoms with van der Waals surface area (Å²) in [5, 5.41) is 0.813. The Hall–Kier alpha value is -0.0900. The second kappa shape index (κ2) is 3.96. The molecule has 1 heterocycles. The van der Waals surface area contributed by atoms with Gasteiger partial charge in [-0.3, -0.25) is 5.43 Å². The molecule has 1 aliphatic rings. The van der Waals surface area contributed by atoms with E-state index < -0.39 is 0 Å². The summed E-state index contributed by atoms with van der Waals surface area (Å²) in [5.41, 5.74) is 7.41. The molecule has 2 nitrogen and oxygen atoms in total. The molecule has 0 amide bonds. The van der Waals surface area contributed by atoms with Crippen LogP contribution in [0.1, 0.15) is 11.6 Å². The topological polar surface area (TPSA) is 24.1 Å². The van der Waals surface area contributed by atoms with Crippen molar-refractivity contribution in [3.63, 3.8) is 0 Å². The van der Waals surface area contributed by atoms with Crippen LogP contribution in [0.5, 0.6) is 0 Å². The molecule has 2 atom stereocenters. The minimum atomic E-state index is 0.258. The van der Waals surface area contributed by atoms with Crippen LogP contribution in [-0.4, -0.2) is 11.4 Å². The van der Waals surface area contributed by atoms with Gasteiger partial charge >= 0.3 is 0 Å². The van der Waals surface area contributed by atoms with E-state index in [1.165, 1.54) is 0 Å². The van der Waals surface area contributed by atoms with Crippen LogP contribution in [0, 0.1) is 0 Å². The molecule has 1 aromatic carbocycles. The van der Waals surface area contributed by atoms with Crippen LogP contribution in [0.3, 0.4) is 0 Å². The number of nitrogens with one attached hydrogen (secondary N) is 2. The smallest absolute Gasteiger partial charge is 0.0614 e. The van der Waals surface area contributed by atoms with E-state index in [-0.39, 0.29) is 6.04 Å². The van der Waals surface area contributed by atoms with Gasteiger partial charge in [-0.05, 0) is 11.6 Å². The molecule has 0 aromatic heterocycles. The summed E-state index contributed by atoms with van der Waals surface area (Å²) in [7, 11) is 0. The van der Waals surface area contributed by atoms with Crippen molar-refractivity contribution >= 4 is 27.5 Å². The molecule has 1 aliphatic heterocycles.